The zero-order valence-corrected chi connectivity index (χ0v) is 6.89. The van der Waals surface area contributed by atoms with Crippen LogP contribution in [0.5, 0.6) is 0 Å². The number of hydrogen-bond acceptors (Lipinski definition) is 2. The van der Waals surface area contributed by atoms with Crippen LogP contribution < -0.4 is 5.32 Å². The van der Waals surface area contributed by atoms with Gasteiger partial charge in [-0.2, -0.15) is 0 Å². The fraction of sp³-hybridized carbons (Fsp3) is 1.00. The van der Waals surface area contributed by atoms with Gasteiger partial charge in [-0.3, -0.25) is 0 Å². The lowest BCUT2D eigenvalue weighted by Crippen LogP contribution is -2.40. The Morgan fingerprint density at radius 1 is 1.60 bits per heavy atom. The molecule has 0 spiro atoms. The van der Waals surface area contributed by atoms with Crippen molar-refractivity contribution in [3.8, 4) is 0 Å². The predicted octanol–water partition coefficient (Wildman–Crippen LogP) is 1.16. The van der Waals surface area contributed by atoms with Gasteiger partial charge in [-0.15, -0.1) is 0 Å². The lowest BCUT2D eigenvalue weighted by Gasteiger charge is -2.28. The molecule has 0 bridgehead atoms. The summed E-state index contributed by atoms with van der Waals surface area (Å²) in [5, 5.41) is 3.45. The third-order valence-electron chi connectivity index (χ3n) is 2.27. The summed E-state index contributed by atoms with van der Waals surface area (Å²) in [6, 6.07) is 0.693. The van der Waals surface area contributed by atoms with E-state index in [4.69, 9.17) is 4.74 Å². The van der Waals surface area contributed by atoms with Crippen LogP contribution in [0.15, 0.2) is 0 Å². The summed E-state index contributed by atoms with van der Waals surface area (Å²) < 4.78 is 5.28. The molecule has 1 saturated heterocycles. The van der Waals surface area contributed by atoms with Crippen molar-refractivity contribution >= 4 is 0 Å². The largest absolute Gasteiger partial charge is 0.381 e. The first-order valence-electron chi connectivity index (χ1n) is 4.13. The zero-order valence-electron chi connectivity index (χ0n) is 6.89. The van der Waals surface area contributed by atoms with Gasteiger partial charge in [-0.05, 0) is 25.8 Å². The molecule has 0 radical (unpaired) electrons. The summed E-state index contributed by atoms with van der Waals surface area (Å²) in [6.07, 6.45) is 4.09. The molecule has 2 heteroatoms. The van der Waals surface area contributed by atoms with Crippen molar-refractivity contribution in [1.29, 1.82) is 0 Å². The fourth-order valence-electron chi connectivity index (χ4n) is 1.49. The maximum atomic E-state index is 5.28. The van der Waals surface area contributed by atoms with E-state index in [0.717, 1.165) is 6.54 Å². The molecular weight excluding hydrogens is 126 g/mol. The highest BCUT2D eigenvalue weighted by Gasteiger charge is 2.18. The van der Waals surface area contributed by atoms with Crippen LogP contribution in [0.3, 0.4) is 0 Å². The zero-order chi connectivity index (χ0) is 7.40. The molecule has 1 N–H and O–H groups in total. The van der Waals surface area contributed by atoms with E-state index in [1.807, 2.05) is 7.11 Å². The van der Waals surface area contributed by atoms with Crippen molar-refractivity contribution in [1.82, 2.24) is 5.32 Å². The molecule has 0 aliphatic carbocycles. The van der Waals surface area contributed by atoms with Gasteiger partial charge in [-0.25, -0.2) is 0 Å². The van der Waals surface area contributed by atoms with Gasteiger partial charge < -0.3 is 10.1 Å². The Labute approximate surface area is 63.0 Å². The third-order valence-corrected chi connectivity index (χ3v) is 2.27. The molecule has 1 aliphatic rings. The molecule has 1 fully saturated rings. The molecule has 0 aromatic carbocycles. The maximum absolute atomic E-state index is 5.28. The minimum absolute atomic E-state index is 0.506. The van der Waals surface area contributed by atoms with Crippen LogP contribution in [0, 0.1) is 0 Å². The number of hydrogen-bond donors (Lipinski definition) is 1. The molecule has 1 aliphatic heterocycles. The first-order chi connectivity index (χ1) is 4.86. The van der Waals surface area contributed by atoms with Gasteiger partial charge in [0.15, 0.2) is 0 Å². The van der Waals surface area contributed by atoms with Crippen LogP contribution in [-0.2, 0) is 4.74 Å². The van der Waals surface area contributed by atoms with E-state index in [2.05, 4.69) is 12.2 Å². The van der Waals surface area contributed by atoms with Gasteiger partial charge in [0, 0.05) is 13.2 Å². The fourth-order valence-corrected chi connectivity index (χ4v) is 1.49. The van der Waals surface area contributed by atoms with Gasteiger partial charge in [0.1, 0.15) is 0 Å². The second-order valence-electron chi connectivity index (χ2n) is 2.94. The standard InChI is InChI=1S/C8H17NO/c1-3-7-6-8(10-2)4-5-9-7/h7-9H,3-6H2,1-2H3/t7-,8?/m0/s1. The summed E-state index contributed by atoms with van der Waals surface area (Å²) >= 11 is 0. The van der Waals surface area contributed by atoms with E-state index < -0.39 is 0 Å². The first kappa shape index (κ1) is 8.02. The van der Waals surface area contributed by atoms with E-state index in [0.29, 0.717) is 12.1 Å². The van der Waals surface area contributed by atoms with Crippen LogP contribution in [0.4, 0.5) is 0 Å². The highest BCUT2D eigenvalue weighted by atomic mass is 16.5. The Bertz CT molecular complexity index is 85.3. The van der Waals surface area contributed by atoms with Gasteiger partial charge in [-0.1, -0.05) is 6.92 Å². The molecule has 1 heterocycles. The number of ether oxygens (including phenoxy) is 1. The van der Waals surface area contributed by atoms with Crippen molar-refractivity contribution in [2.45, 2.75) is 38.3 Å². The van der Waals surface area contributed by atoms with E-state index in [9.17, 15) is 0 Å². The van der Waals surface area contributed by atoms with E-state index in [1.165, 1.54) is 19.3 Å². The lowest BCUT2D eigenvalue weighted by atomic mass is 10.0. The molecule has 1 unspecified atom stereocenters. The summed E-state index contributed by atoms with van der Waals surface area (Å²) in [5.41, 5.74) is 0. The van der Waals surface area contributed by atoms with Gasteiger partial charge in [0.2, 0.25) is 0 Å². The Kier molecular flexibility index (Phi) is 3.16. The average molecular weight is 143 g/mol. The Hall–Kier alpha value is -0.0800. The first-order valence-corrected chi connectivity index (χ1v) is 4.13. The average Bonchev–Trinajstić information content (AvgIpc) is 2.05. The van der Waals surface area contributed by atoms with Crippen LogP contribution >= 0.6 is 0 Å². The smallest absolute Gasteiger partial charge is 0.0598 e. The highest BCUT2D eigenvalue weighted by molar-refractivity contribution is 4.77. The molecule has 60 valence electrons. The van der Waals surface area contributed by atoms with Crippen molar-refractivity contribution in [3.63, 3.8) is 0 Å². The highest BCUT2D eigenvalue weighted by Crippen LogP contribution is 2.12. The molecule has 0 aromatic heterocycles. The van der Waals surface area contributed by atoms with Gasteiger partial charge >= 0.3 is 0 Å². The second-order valence-corrected chi connectivity index (χ2v) is 2.94. The molecule has 2 nitrogen and oxygen atoms in total. The summed E-state index contributed by atoms with van der Waals surface area (Å²) in [5.74, 6) is 0. The molecule has 0 aromatic rings. The molecule has 0 saturated carbocycles. The molecule has 0 amide bonds. The van der Waals surface area contributed by atoms with Gasteiger partial charge in [0.25, 0.3) is 0 Å². The van der Waals surface area contributed by atoms with Gasteiger partial charge in [0.05, 0.1) is 6.10 Å². The molecule has 1 rings (SSSR count). The number of piperidine rings is 1. The van der Waals surface area contributed by atoms with Crippen molar-refractivity contribution in [3.05, 3.63) is 0 Å². The van der Waals surface area contributed by atoms with Crippen molar-refractivity contribution < 1.29 is 4.74 Å². The monoisotopic (exact) mass is 143 g/mol. The molecule has 2 atom stereocenters. The van der Waals surface area contributed by atoms with Crippen molar-refractivity contribution in [2.24, 2.45) is 0 Å². The Balaban J connectivity index is 2.25. The molecular formula is C8H17NO. The summed E-state index contributed by atoms with van der Waals surface area (Å²) in [7, 11) is 1.81. The normalized spacial score (nSPS) is 34.2. The predicted molar refractivity (Wildman–Crippen MR) is 42.1 cm³/mol. The van der Waals surface area contributed by atoms with Crippen molar-refractivity contribution in [2.75, 3.05) is 13.7 Å². The third kappa shape index (κ3) is 1.96. The minimum atomic E-state index is 0.506. The maximum Gasteiger partial charge on any atom is 0.0598 e. The number of rotatable bonds is 2. The number of methoxy groups -OCH3 is 1. The van der Waals surface area contributed by atoms with Crippen LogP contribution in [0.2, 0.25) is 0 Å². The van der Waals surface area contributed by atoms with Crippen LogP contribution in [0.1, 0.15) is 26.2 Å². The summed E-state index contributed by atoms with van der Waals surface area (Å²) in [4.78, 5) is 0. The van der Waals surface area contributed by atoms with E-state index >= 15 is 0 Å². The Morgan fingerprint density at radius 2 is 2.40 bits per heavy atom. The minimum Gasteiger partial charge on any atom is -0.381 e. The van der Waals surface area contributed by atoms with E-state index in [1.54, 1.807) is 0 Å². The second kappa shape index (κ2) is 3.94. The molecule has 10 heavy (non-hydrogen) atoms. The summed E-state index contributed by atoms with van der Waals surface area (Å²) in [6.45, 7) is 3.34. The van der Waals surface area contributed by atoms with E-state index in [-0.39, 0.29) is 0 Å². The lowest BCUT2D eigenvalue weighted by molar-refractivity contribution is 0.0615. The van der Waals surface area contributed by atoms with Crippen LogP contribution in [-0.4, -0.2) is 25.8 Å². The van der Waals surface area contributed by atoms with Crippen LogP contribution in [0.25, 0.3) is 0 Å². The quantitative estimate of drug-likeness (QED) is 0.626. The topological polar surface area (TPSA) is 21.3 Å². The Morgan fingerprint density at radius 3 is 3.00 bits per heavy atom. The SMILES string of the molecule is CC[C@H]1CC(OC)CCN1. The number of nitrogens with one attached hydrogen (secondary N) is 1.